The first-order valence-corrected chi connectivity index (χ1v) is 12.2. The van der Waals surface area contributed by atoms with Crippen molar-refractivity contribution >= 4 is 28.6 Å². The quantitative estimate of drug-likeness (QED) is 0.589. The van der Waals surface area contributed by atoms with E-state index in [4.69, 9.17) is 4.74 Å². The minimum absolute atomic E-state index is 0.165. The molecule has 1 amide bonds. The van der Waals surface area contributed by atoms with Gasteiger partial charge in [0, 0.05) is 42.4 Å². The minimum atomic E-state index is 0.165. The number of hydrogen-bond acceptors (Lipinski definition) is 5. The summed E-state index contributed by atoms with van der Waals surface area (Å²) < 4.78 is 8.04. The predicted octanol–water partition coefficient (Wildman–Crippen LogP) is 3.96. The van der Waals surface area contributed by atoms with E-state index in [1.54, 1.807) is 0 Å². The number of hydrogen-bond donors (Lipinski definition) is 1. The van der Waals surface area contributed by atoms with Gasteiger partial charge in [-0.1, -0.05) is 36.9 Å². The molecule has 31 heavy (non-hydrogen) atoms. The van der Waals surface area contributed by atoms with E-state index < -0.39 is 0 Å². The van der Waals surface area contributed by atoms with Gasteiger partial charge in [0.1, 0.15) is 0 Å². The van der Waals surface area contributed by atoms with E-state index in [1.165, 1.54) is 11.8 Å². The third-order valence-corrected chi connectivity index (χ3v) is 7.37. The lowest BCUT2D eigenvalue weighted by atomic mass is 9.99. The van der Waals surface area contributed by atoms with Gasteiger partial charge < -0.3 is 14.6 Å². The second-order valence-electron chi connectivity index (χ2n) is 8.65. The van der Waals surface area contributed by atoms with Crippen LogP contribution in [0.1, 0.15) is 32.6 Å². The van der Waals surface area contributed by atoms with Gasteiger partial charge in [-0.05, 0) is 37.7 Å². The second-order valence-corrected chi connectivity index (χ2v) is 9.59. The van der Waals surface area contributed by atoms with Crippen LogP contribution in [-0.2, 0) is 16.1 Å². The van der Waals surface area contributed by atoms with E-state index in [1.807, 2.05) is 23.2 Å². The van der Waals surface area contributed by atoms with Gasteiger partial charge in [0.2, 0.25) is 5.91 Å². The van der Waals surface area contributed by atoms with Crippen molar-refractivity contribution in [3.05, 3.63) is 30.5 Å². The average molecular weight is 440 g/mol. The smallest absolute Gasteiger partial charge is 0.233 e. The van der Waals surface area contributed by atoms with Crippen LogP contribution in [0.15, 0.2) is 35.6 Å². The molecule has 0 bridgehead atoms. The molecular formula is C23H29N5O2S. The van der Waals surface area contributed by atoms with Gasteiger partial charge in [0.25, 0.3) is 0 Å². The normalized spacial score (nSPS) is 20.0. The van der Waals surface area contributed by atoms with Crippen molar-refractivity contribution in [1.82, 2.24) is 24.6 Å². The number of nitrogens with zero attached hydrogens (tertiary/aromatic N) is 4. The van der Waals surface area contributed by atoms with Crippen molar-refractivity contribution in [2.24, 2.45) is 5.92 Å². The Balaban J connectivity index is 1.38. The van der Waals surface area contributed by atoms with Crippen LogP contribution in [-0.4, -0.2) is 62.1 Å². The SMILES string of the molecule is CC1CCN(C(=O)CSc2nnc(-c3c[nH]c4ccccc34)n2CC2CCCO2)CC1. The van der Waals surface area contributed by atoms with E-state index in [0.29, 0.717) is 18.2 Å². The highest BCUT2D eigenvalue weighted by atomic mass is 32.2. The fourth-order valence-corrected chi connectivity index (χ4v) is 5.33. The molecule has 2 aromatic heterocycles. The number of likely N-dealkylation sites (tertiary alicyclic amines) is 1. The summed E-state index contributed by atoms with van der Waals surface area (Å²) in [6.45, 7) is 5.51. The number of ether oxygens (including phenoxy) is 1. The summed E-state index contributed by atoms with van der Waals surface area (Å²) in [6, 6.07) is 8.22. The Bertz CT molecular complexity index is 1050. The molecule has 2 saturated heterocycles. The lowest BCUT2D eigenvalue weighted by Gasteiger charge is -2.30. The molecule has 7 nitrogen and oxygen atoms in total. The number of para-hydroxylation sites is 1. The molecule has 1 aromatic carbocycles. The van der Waals surface area contributed by atoms with Gasteiger partial charge in [0.15, 0.2) is 11.0 Å². The van der Waals surface area contributed by atoms with Crippen molar-refractivity contribution in [3.63, 3.8) is 0 Å². The minimum Gasteiger partial charge on any atom is -0.376 e. The van der Waals surface area contributed by atoms with Crippen LogP contribution >= 0.6 is 11.8 Å². The standard InChI is InChI=1S/C23H29N5O2S/c1-16-8-10-27(11-9-16)21(29)15-31-23-26-25-22(28(23)14-17-5-4-12-30-17)19-13-24-20-7-3-2-6-18(19)20/h2-3,6-7,13,16-17,24H,4-5,8-12,14-15H2,1H3. The zero-order chi connectivity index (χ0) is 21.2. The maximum atomic E-state index is 12.8. The van der Waals surface area contributed by atoms with Gasteiger partial charge in [0.05, 0.1) is 18.4 Å². The van der Waals surface area contributed by atoms with Gasteiger partial charge >= 0.3 is 0 Å². The largest absolute Gasteiger partial charge is 0.376 e. The van der Waals surface area contributed by atoms with Crippen molar-refractivity contribution in [2.75, 3.05) is 25.4 Å². The number of rotatable bonds is 6. The van der Waals surface area contributed by atoms with Crippen molar-refractivity contribution in [1.29, 1.82) is 0 Å². The van der Waals surface area contributed by atoms with Crippen molar-refractivity contribution in [3.8, 4) is 11.4 Å². The van der Waals surface area contributed by atoms with Crippen LogP contribution in [0.5, 0.6) is 0 Å². The summed E-state index contributed by atoms with van der Waals surface area (Å²) in [5, 5.41) is 10.9. The molecule has 4 heterocycles. The van der Waals surface area contributed by atoms with E-state index in [9.17, 15) is 4.79 Å². The molecule has 1 unspecified atom stereocenters. The maximum absolute atomic E-state index is 12.8. The number of piperidine rings is 1. The Morgan fingerprint density at radius 1 is 1.23 bits per heavy atom. The molecule has 1 N–H and O–H groups in total. The summed E-state index contributed by atoms with van der Waals surface area (Å²) in [7, 11) is 0. The van der Waals surface area contributed by atoms with E-state index in [-0.39, 0.29) is 12.0 Å². The van der Waals surface area contributed by atoms with Crippen molar-refractivity contribution in [2.45, 2.75) is 50.4 Å². The number of aromatic amines is 1. The molecule has 0 aliphatic carbocycles. The summed E-state index contributed by atoms with van der Waals surface area (Å²) in [4.78, 5) is 18.1. The lowest BCUT2D eigenvalue weighted by molar-refractivity contribution is -0.129. The Kier molecular flexibility index (Phi) is 6.00. The third kappa shape index (κ3) is 4.36. The highest BCUT2D eigenvalue weighted by Gasteiger charge is 2.25. The molecule has 0 saturated carbocycles. The summed E-state index contributed by atoms with van der Waals surface area (Å²) >= 11 is 1.49. The van der Waals surface area contributed by atoms with Crippen LogP contribution in [0.4, 0.5) is 0 Å². The van der Waals surface area contributed by atoms with E-state index >= 15 is 0 Å². The number of benzene rings is 1. The number of H-pyrrole nitrogens is 1. The third-order valence-electron chi connectivity index (χ3n) is 6.42. The zero-order valence-electron chi connectivity index (χ0n) is 17.9. The van der Waals surface area contributed by atoms with E-state index in [2.05, 4.69) is 38.8 Å². The molecule has 2 aliphatic heterocycles. The molecule has 5 rings (SSSR count). The highest BCUT2D eigenvalue weighted by Crippen LogP contribution is 2.31. The number of carbonyl (C=O) groups is 1. The first-order valence-electron chi connectivity index (χ1n) is 11.2. The number of thioether (sulfide) groups is 1. The Morgan fingerprint density at radius 2 is 2.06 bits per heavy atom. The van der Waals surface area contributed by atoms with Gasteiger partial charge in [-0.15, -0.1) is 10.2 Å². The molecule has 8 heteroatoms. The number of amides is 1. The van der Waals surface area contributed by atoms with Crippen molar-refractivity contribution < 1.29 is 9.53 Å². The molecule has 2 aliphatic rings. The maximum Gasteiger partial charge on any atom is 0.233 e. The molecule has 1 atom stereocenters. The molecule has 164 valence electrons. The molecule has 2 fully saturated rings. The topological polar surface area (TPSA) is 76.0 Å². The van der Waals surface area contributed by atoms with Crippen LogP contribution in [0.3, 0.4) is 0 Å². The van der Waals surface area contributed by atoms with Gasteiger partial charge in [-0.3, -0.25) is 9.36 Å². The van der Waals surface area contributed by atoms with Crippen LogP contribution in [0.2, 0.25) is 0 Å². The van der Waals surface area contributed by atoms with E-state index in [0.717, 1.165) is 72.8 Å². The molecular weight excluding hydrogens is 410 g/mol. The zero-order valence-corrected chi connectivity index (χ0v) is 18.7. The molecule has 0 radical (unpaired) electrons. The first kappa shape index (κ1) is 20.6. The summed E-state index contributed by atoms with van der Waals surface area (Å²) in [5.41, 5.74) is 2.11. The molecule has 3 aromatic rings. The number of fused-ring (bicyclic) bond motifs is 1. The summed E-state index contributed by atoms with van der Waals surface area (Å²) in [5.74, 6) is 2.13. The summed E-state index contributed by atoms with van der Waals surface area (Å²) in [6.07, 6.45) is 6.48. The second kappa shape index (κ2) is 9.04. The van der Waals surface area contributed by atoms with Gasteiger partial charge in [-0.2, -0.15) is 0 Å². The Labute approximate surface area is 186 Å². The highest BCUT2D eigenvalue weighted by molar-refractivity contribution is 7.99. The monoisotopic (exact) mass is 439 g/mol. The first-order chi connectivity index (χ1) is 15.2. The number of carbonyl (C=O) groups excluding carboxylic acids is 1. The van der Waals surface area contributed by atoms with Crippen LogP contribution < -0.4 is 0 Å². The lowest BCUT2D eigenvalue weighted by Crippen LogP contribution is -2.38. The molecule has 0 spiro atoms. The van der Waals surface area contributed by atoms with Crippen LogP contribution in [0.25, 0.3) is 22.3 Å². The van der Waals surface area contributed by atoms with Crippen LogP contribution in [0, 0.1) is 5.92 Å². The van der Waals surface area contributed by atoms with Gasteiger partial charge in [-0.25, -0.2) is 0 Å². The fraction of sp³-hybridized carbons (Fsp3) is 0.522. The number of aromatic nitrogens is 4. The fourth-order valence-electron chi connectivity index (χ4n) is 4.48. The Hall–Kier alpha value is -2.32. The predicted molar refractivity (Wildman–Crippen MR) is 122 cm³/mol. The Morgan fingerprint density at radius 3 is 2.87 bits per heavy atom. The number of nitrogens with one attached hydrogen (secondary N) is 1. The average Bonchev–Trinajstić information content (AvgIpc) is 3.53.